The molecule has 2 aromatic rings. The fraction of sp³-hybridized carbons (Fsp3) is 0.263. The average Bonchev–Trinajstić information content (AvgIpc) is 2.67. The summed E-state index contributed by atoms with van der Waals surface area (Å²) in [7, 11) is -3.58. The number of hydrogen-bond donors (Lipinski definition) is 1. The fourth-order valence-electron chi connectivity index (χ4n) is 2.78. The smallest absolute Gasteiger partial charge is 0.338 e. The minimum atomic E-state index is -3.58. The van der Waals surface area contributed by atoms with E-state index in [0.29, 0.717) is 22.7 Å². The molecule has 0 aromatic heterocycles. The number of benzene rings is 2. The first-order valence-corrected chi connectivity index (χ1v) is 10.5. The molecule has 0 fully saturated rings. The molecular weight excluding hydrogens is 384 g/mol. The van der Waals surface area contributed by atoms with Crippen LogP contribution in [0.2, 0.25) is 0 Å². The predicted octanol–water partition coefficient (Wildman–Crippen LogP) is 2.03. The van der Waals surface area contributed by atoms with Crippen LogP contribution in [0.15, 0.2) is 48.5 Å². The Morgan fingerprint density at radius 2 is 1.86 bits per heavy atom. The Bertz CT molecular complexity index is 988. The van der Waals surface area contributed by atoms with E-state index in [9.17, 15) is 18.0 Å². The van der Waals surface area contributed by atoms with Gasteiger partial charge in [0.2, 0.25) is 10.0 Å². The molecular formula is C19H20N2O6S. The van der Waals surface area contributed by atoms with Crippen molar-refractivity contribution in [3.8, 4) is 5.75 Å². The Hall–Kier alpha value is -3.07. The highest BCUT2D eigenvalue weighted by atomic mass is 32.2. The lowest BCUT2D eigenvalue weighted by Crippen LogP contribution is -2.48. The molecule has 0 radical (unpaired) electrons. The van der Waals surface area contributed by atoms with Crippen LogP contribution in [0.3, 0.4) is 0 Å². The summed E-state index contributed by atoms with van der Waals surface area (Å²) in [5.74, 6) is -0.625. The Balaban J connectivity index is 1.75. The molecule has 2 aromatic carbocycles. The van der Waals surface area contributed by atoms with E-state index in [-0.39, 0.29) is 13.2 Å². The topological polar surface area (TPSA) is 102 Å². The zero-order valence-electron chi connectivity index (χ0n) is 15.4. The van der Waals surface area contributed by atoms with Gasteiger partial charge in [-0.05, 0) is 43.3 Å². The van der Waals surface area contributed by atoms with Gasteiger partial charge in [-0.2, -0.15) is 0 Å². The molecule has 1 N–H and O–H groups in total. The number of rotatable bonds is 5. The van der Waals surface area contributed by atoms with E-state index in [1.807, 2.05) is 0 Å². The molecule has 1 unspecified atom stereocenters. The molecule has 9 heteroatoms. The van der Waals surface area contributed by atoms with Crippen molar-refractivity contribution in [3.05, 3.63) is 54.1 Å². The van der Waals surface area contributed by atoms with Crippen LogP contribution < -0.4 is 14.4 Å². The standard InChI is InChI=1S/C19H20N2O6S/c1-3-26-19(23)13-8-10-14(11-9-13)20-18(22)17-12-21(28(2,24)25)15-6-4-5-7-16(15)27-17/h4-11,17H,3,12H2,1-2H3,(H,20,22). The number of anilines is 2. The lowest BCUT2D eigenvalue weighted by molar-refractivity contribution is -0.122. The van der Waals surface area contributed by atoms with E-state index in [1.165, 1.54) is 12.1 Å². The van der Waals surface area contributed by atoms with Crippen molar-refractivity contribution in [3.63, 3.8) is 0 Å². The van der Waals surface area contributed by atoms with Gasteiger partial charge in [0.1, 0.15) is 5.75 Å². The fourth-order valence-corrected chi connectivity index (χ4v) is 3.69. The average molecular weight is 404 g/mol. The van der Waals surface area contributed by atoms with Crippen molar-refractivity contribution < 1.29 is 27.5 Å². The Kier molecular flexibility index (Phi) is 5.55. The molecule has 0 spiro atoms. The third-order valence-corrected chi connectivity index (χ3v) is 5.24. The maximum atomic E-state index is 12.6. The van der Waals surface area contributed by atoms with Gasteiger partial charge in [0, 0.05) is 5.69 Å². The summed E-state index contributed by atoms with van der Waals surface area (Å²) >= 11 is 0. The van der Waals surface area contributed by atoms with Crippen LogP contribution >= 0.6 is 0 Å². The first-order valence-electron chi connectivity index (χ1n) is 8.61. The lowest BCUT2D eigenvalue weighted by atomic mass is 10.2. The molecule has 148 valence electrons. The van der Waals surface area contributed by atoms with Crippen LogP contribution in [-0.2, 0) is 19.6 Å². The molecule has 28 heavy (non-hydrogen) atoms. The van der Waals surface area contributed by atoms with Gasteiger partial charge < -0.3 is 14.8 Å². The highest BCUT2D eigenvalue weighted by molar-refractivity contribution is 7.92. The minimum Gasteiger partial charge on any atom is -0.476 e. The van der Waals surface area contributed by atoms with E-state index in [2.05, 4.69) is 5.32 Å². The molecule has 1 heterocycles. The summed E-state index contributed by atoms with van der Waals surface area (Å²) in [6.07, 6.45) is 0.0624. The van der Waals surface area contributed by atoms with Gasteiger partial charge in [-0.1, -0.05) is 12.1 Å². The zero-order chi connectivity index (χ0) is 20.3. The first-order chi connectivity index (χ1) is 13.3. The number of carbonyl (C=O) groups is 2. The largest absolute Gasteiger partial charge is 0.476 e. The van der Waals surface area contributed by atoms with Crippen LogP contribution in [0.4, 0.5) is 11.4 Å². The number of sulfonamides is 1. The Morgan fingerprint density at radius 1 is 1.18 bits per heavy atom. The number of hydrogen-bond acceptors (Lipinski definition) is 6. The van der Waals surface area contributed by atoms with Crippen molar-refractivity contribution >= 4 is 33.3 Å². The van der Waals surface area contributed by atoms with E-state index >= 15 is 0 Å². The third-order valence-electron chi connectivity index (χ3n) is 4.09. The van der Waals surface area contributed by atoms with E-state index in [0.717, 1.165) is 10.6 Å². The number of nitrogens with one attached hydrogen (secondary N) is 1. The molecule has 0 bridgehead atoms. The molecule has 8 nitrogen and oxygen atoms in total. The summed E-state index contributed by atoms with van der Waals surface area (Å²) in [4.78, 5) is 24.3. The minimum absolute atomic E-state index is 0.136. The van der Waals surface area contributed by atoms with E-state index in [4.69, 9.17) is 9.47 Å². The van der Waals surface area contributed by atoms with Gasteiger partial charge in [0.05, 0.1) is 30.7 Å². The number of amides is 1. The first kappa shape index (κ1) is 19.7. The van der Waals surface area contributed by atoms with Crippen molar-refractivity contribution in [2.45, 2.75) is 13.0 Å². The molecule has 1 aliphatic rings. The van der Waals surface area contributed by atoms with Crippen LogP contribution in [0.5, 0.6) is 5.75 Å². The SMILES string of the molecule is CCOC(=O)c1ccc(NC(=O)C2CN(S(C)(=O)=O)c3ccccc3O2)cc1. The number of para-hydroxylation sites is 2. The van der Waals surface area contributed by atoms with Gasteiger partial charge in [0.15, 0.2) is 6.10 Å². The van der Waals surface area contributed by atoms with Gasteiger partial charge >= 0.3 is 5.97 Å². The molecule has 1 aliphatic heterocycles. The number of carbonyl (C=O) groups excluding carboxylic acids is 2. The van der Waals surface area contributed by atoms with Crippen LogP contribution in [0.25, 0.3) is 0 Å². The van der Waals surface area contributed by atoms with Crippen molar-refractivity contribution in [1.82, 2.24) is 0 Å². The quantitative estimate of drug-likeness (QED) is 0.765. The zero-order valence-corrected chi connectivity index (χ0v) is 16.2. The van der Waals surface area contributed by atoms with Gasteiger partial charge in [0.25, 0.3) is 5.91 Å². The second kappa shape index (κ2) is 7.89. The highest BCUT2D eigenvalue weighted by Gasteiger charge is 2.34. The summed E-state index contributed by atoms with van der Waals surface area (Å²) < 4.78 is 36.0. The number of ether oxygens (including phenoxy) is 2. The molecule has 0 saturated carbocycles. The third kappa shape index (κ3) is 4.25. The second-order valence-electron chi connectivity index (χ2n) is 6.16. The summed E-state index contributed by atoms with van der Waals surface area (Å²) in [5.41, 5.74) is 1.21. The van der Waals surface area contributed by atoms with Gasteiger partial charge in [-0.25, -0.2) is 13.2 Å². The van der Waals surface area contributed by atoms with Crippen LogP contribution in [-0.4, -0.2) is 45.8 Å². The van der Waals surface area contributed by atoms with Crippen LogP contribution in [0, 0.1) is 0 Å². The normalized spacial score (nSPS) is 15.9. The number of esters is 1. The Morgan fingerprint density at radius 3 is 2.50 bits per heavy atom. The highest BCUT2D eigenvalue weighted by Crippen LogP contribution is 2.34. The molecule has 1 amide bonds. The van der Waals surface area contributed by atoms with Crippen LogP contribution in [0.1, 0.15) is 17.3 Å². The second-order valence-corrected chi connectivity index (χ2v) is 8.06. The molecule has 3 rings (SSSR count). The summed E-state index contributed by atoms with van der Waals surface area (Å²) in [6, 6.07) is 12.8. The molecule has 0 saturated heterocycles. The number of nitrogens with zero attached hydrogens (tertiary/aromatic N) is 1. The van der Waals surface area contributed by atoms with E-state index in [1.54, 1.807) is 43.3 Å². The summed E-state index contributed by atoms with van der Waals surface area (Å²) in [6.45, 7) is 1.85. The van der Waals surface area contributed by atoms with Crippen molar-refractivity contribution in [1.29, 1.82) is 0 Å². The van der Waals surface area contributed by atoms with E-state index < -0.39 is 28.0 Å². The Labute approximate surface area is 163 Å². The van der Waals surface area contributed by atoms with Crippen molar-refractivity contribution in [2.24, 2.45) is 0 Å². The summed E-state index contributed by atoms with van der Waals surface area (Å²) in [5, 5.41) is 2.68. The number of fused-ring (bicyclic) bond motifs is 1. The maximum Gasteiger partial charge on any atom is 0.338 e. The van der Waals surface area contributed by atoms with Crippen molar-refractivity contribution in [2.75, 3.05) is 29.0 Å². The maximum absolute atomic E-state index is 12.6. The van der Waals surface area contributed by atoms with Gasteiger partial charge in [-0.3, -0.25) is 9.10 Å². The monoisotopic (exact) mass is 404 g/mol. The predicted molar refractivity (Wildman–Crippen MR) is 104 cm³/mol. The molecule has 0 aliphatic carbocycles. The molecule has 1 atom stereocenters. The van der Waals surface area contributed by atoms with Gasteiger partial charge in [-0.15, -0.1) is 0 Å². The lowest BCUT2D eigenvalue weighted by Gasteiger charge is -2.33.